The van der Waals surface area contributed by atoms with E-state index in [4.69, 9.17) is 10.5 Å². The number of nitrogens with two attached hydrogens (primary N) is 1. The highest BCUT2D eigenvalue weighted by Gasteiger charge is 2.22. The van der Waals surface area contributed by atoms with Gasteiger partial charge in [0.15, 0.2) is 17.4 Å². The summed E-state index contributed by atoms with van der Waals surface area (Å²) in [5.74, 6) is -4.52. The Bertz CT molecular complexity index is 1000. The summed E-state index contributed by atoms with van der Waals surface area (Å²) < 4.78 is 52.4. The number of nitrogen functional groups attached to an aromatic ring is 1. The van der Waals surface area contributed by atoms with Crippen LogP contribution in [0.4, 0.5) is 24.8 Å². The molecular formula is C17H15F3N6OS. The van der Waals surface area contributed by atoms with Gasteiger partial charge in [0.1, 0.15) is 5.69 Å². The first-order valence-electron chi connectivity index (χ1n) is 7.86. The standard InChI is InChI=1S/C17H15F3N6OS/c1-26(2)28-25-15-10(18)8-12(13(19)14(15)20)27-16-9(4-3-6-22-16)11-5-7-23-17(21)24-11/h3-8,25H,1-2H3,(H2,21,23,24). The molecule has 2 aromatic heterocycles. The van der Waals surface area contributed by atoms with Crippen LogP contribution in [0.3, 0.4) is 0 Å². The van der Waals surface area contributed by atoms with Crippen molar-refractivity contribution < 1.29 is 17.9 Å². The van der Waals surface area contributed by atoms with E-state index >= 15 is 0 Å². The van der Waals surface area contributed by atoms with Gasteiger partial charge in [0, 0.05) is 30.6 Å². The molecule has 3 aromatic rings. The molecule has 1 aromatic carbocycles. The Balaban J connectivity index is 1.97. The van der Waals surface area contributed by atoms with E-state index in [0.29, 0.717) is 11.3 Å². The van der Waals surface area contributed by atoms with E-state index in [0.717, 1.165) is 18.2 Å². The molecule has 0 radical (unpaired) electrons. The van der Waals surface area contributed by atoms with E-state index in [2.05, 4.69) is 19.7 Å². The number of anilines is 2. The van der Waals surface area contributed by atoms with Gasteiger partial charge in [-0.1, -0.05) is 0 Å². The molecule has 28 heavy (non-hydrogen) atoms. The summed E-state index contributed by atoms with van der Waals surface area (Å²) in [5.41, 5.74) is 5.66. The van der Waals surface area contributed by atoms with Crippen molar-refractivity contribution in [3.8, 4) is 22.9 Å². The predicted molar refractivity (Wildman–Crippen MR) is 101 cm³/mol. The molecule has 0 saturated heterocycles. The van der Waals surface area contributed by atoms with Gasteiger partial charge in [-0.05, 0) is 32.3 Å². The molecule has 146 valence electrons. The zero-order valence-electron chi connectivity index (χ0n) is 14.8. The molecular weight excluding hydrogens is 393 g/mol. The van der Waals surface area contributed by atoms with Gasteiger partial charge < -0.3 is 15.2 Å². The molecule has 0 saturated carbocycles. The summed E-state index contributed by atoms with van der Waals surface area (Å²) in [6, 6.07) is 5.48. The molecule has 0 fully saturated rings. The number of pyridine rings is 1. The van der Waals surface area contributed by atoms with Gasteiger partial charge in [-0.3, -0.25) is 0 Å². The van der Waals surface area contributed by atoms with Crippen LogP contribution in [-0.2, 0) is 0 Å². The molecule has 0 aliphatic carbocycles. The Morgan fingerprint density at radius 3 is 2.61 bits per heavy atom. The van der Waals surface area contributed by atoms with Crippen molar-refractivity contribution >= 4 is 23.8 Å². The van der Waals surface area contributed by atoms with Crippen LogP contribution in [0.25, 0.3) is 11.3 Å². The number of ether oxygens (including phenoxy) is 1. The minimum absolute atomic E-state index is 0.0180. The molecule has 3 N–H and O–H groups in total. The van der Waals surface area contributed by atoms with Gasteiger partial charge >= 0.3 is 0 Å². The number of hydrogen-bond acceptors (Lipinski definition) is 8. The van der Waals surface area contributed by atoms with Crippen LogP contribution in [0, 0.1) is 17.5 Å². The average molecular weight is 408 g/mol. The van der Waals surface area contributed by atoms with Crippen molar-refractivity contribution in [1.82, 2.24) is 19.3 Å². The molecule has 7 nitrogen and oxygen atoms in total. The second kappa shape index (κ2) is 8.31. The summed E-state index contributed by atoms with van der Waals surface area (Å²) in [4.78, 5) is 11.8. The number of nitrogens with zero attached hydrogens (tertiary/aromatic N) is 4. The molecule has 0 amide bonds. The van der Waals surface area contributed by atoms with E-state index in [1.807, 2.05) is 0 Å². The minimum Gasteiger partial charge on any atom is -0.435 e. The van der Waals surface area contributed by atoms with Gasteiger partial charge in [-0.15, -0.1) is 0 Å². The third-order valence-electron chi connectivity index (χ3n) is 3.38. The van der Waals surface area contributed by atoms with Crippen LogP contribution >= 0.6 is 12.1 Å². The van der Waals surface area contributed by atoms with Crippen LogP contribution in [-0.4, -0.2) is 33.4 Å². The molecule has 0 aliphatic rings. The maximum absolute atomic E-state index is 14.4. The quantitative estimate of drug-likeness (QED) is 0.469. The van der Waals surface area contributed by atoms with E-state index < -0.39 is 28.9 Å². The van der Waals surface area contributed by atoms with E-state index in [1.165, 1.54) is 12.4 Å². The lowest BCUT2D eigenvalue weighted by molar-refractivity contribution is 0.401. The number of aromatic nitrogens is 3. The van der Waals surface area contributed by atoms with E-state index in [-0.39, 0.29) is 11.8 Å². The maximum Gasteiger partial charge on any atom is 0.228 e. The fourth-order valence-corrected chi connectivity index (χ4v) is 2.63. The smallest absolute Gasteiger partial charge is 0.228 e. The highest BCUT2D eigenvalue weighted by atomic mass is 32.2. The molecule has 0 unspecified atom stereocenters. The topological polar surface area (TPSA) is 89.2 Å². The average Bonchev–Trinajstić information content (AvgIpc) is 2.66. The molecule has 0 spiro atoms. The number of hydrogen-bond donors (Lipinski definition) is 2. The second-order valence-electron chi connectivity index (χ2n) is 5.62. The Hall–Kier alpha value is -3.05. The lowest BCUT2D eigenvalue weighted by atomic mass is 10.2. The third-order valence-corrected chi connectivity index (χ3v) is 4.04. The third kappa shape index (κ3) is 4.26. The van der Waals surface area contributed by atoms with Crippen molar-refractivity contribution in [3.05, 3.63) is 54.1 Å². The Labute approximate surface area is 163 Å². The summed E-state index contributed by atoms with van der Waals surface area (Å²) in [5, 5.41) is 0. The van der Waals surface area contributed by atoms with Crippen LogP contribution < -0.4 is 15.2 Å². The van der Waals surface area contributed by atoms with Crippen LogP contribution in [0.5, 0.6) is 11.6 Å². The fraction of sp³-hybridized carbons (Fsp3) is 0.118. The first-order chi connectivity index (χ1) is 13.4. The highest BCUT2D eigenvalue weighted by Crippen LogP contribution is 2.36. The molecule has 0 aliphatic heterocycles. The van der Waals surface area contributed by atoms with Crippen molar-refractivity contribution in [3.63, 3.8) is 0 Å². The second-order valence-corrected chi connectivity index (χ2v) is 6.74. The van der Waals surface area contributed by atoms with Crippen molar-refractivity contribution in [2.24, 2.45) is 0 Å². The summed E-state index contributed by atoms with van der Waals surface area (Å²) in [7, 11) is 3.31. The van der Waals surface area contributed by atoms with Gasteiger partial charge in [0.25, 0.3) is 0 Å². The monoisotopic (exact) mass is 408 g/mol. The summed E-state index contributed by atoms with van der Waals surface area (Å²) in [6.45, 7) is 0. The largest absolute Gasteiger partial charge is 0.435 e. The maximum atomic E-state index is 14.4. The molecule has 0 atom stereocenters. The van der Waals surface area contributed by atoms with Crippen LogP contribution in [0.1, 0.15) is 0 Å². The Morgan fingerprint density at radius 2 is 1.89 bits per heavy atom. The van der Waals surface area contributed by atoms with Gasteiger partial charge in [0.2, 0.25) is 17.6 Å². The van der Waals surface area contributed by atoms with Gasteiger partial charge in [-0.2, -0.15) is 4.39 Å². The number of benzene rings is 1. The normalized spacial score (nSPS) is 10.9. The highest BCUT2D eigenvalue weighted by molar-refractivity contribution is 7.98. The zero-order valence-corrected chi connectivity index (χ0v) is 15.6. The summed E-state index contributed by atoms with van der Waals surface area (Å²) >= 11 is 0.890. The lowest BCUT2D eigenvalue weighted by Crippen LogP contribution is -2.08. The van der Waals surface area contributed by atoms with Gasteiger partial charge in [0.05, 0.1) is 11.3 Å². The van der Waals surface area contributed by atoms with Crippen molar-refractivity contribution in [2.75, 3.05) is 24.6 Å². The number of halogens is 3. The SMILES string of the molecule is CN(C)SNc1c(F)cc(Oc2ncccc2-c2ccnc(N)n2)c(F)c1F. The van der Waals surface area contributed by atoms with Crippen molar-refractivity contribution in [1.29, 1.82) is 0 Å². The molecule has 11 heteroatoms. The Morgan fingerprint density at radius 1 is 1.11 bits per heavy atom. The van der Waals surface area contributed by atoms with Crippen molar-refractivity contribution in [2.45, 2.75) is 0 Å². The first kappa shape index (κ1) is 19.7. The van der Waals surface area contributed by atoms with E-state index in [9.17, 15) is 13.2 Å². The minimum atomic E-state index is -1.41. The Kier molecular flexibility index (Phi) is 5.85. The van der Waals surface area contributed by atoms with Crippen LogP contribution in [0.2, 0.25) is 0 Å². The number of rotatable bonds is 6. The fourth-order valence-electron chi connectivity index (χ4n) is 2.17. The lowest BCUT2D eigenvalue weighted by Gasteiger charge is -2.15. The van der Waals surface area contributed by atoms with Gasteiger partial charge in [-0.25, -0.2) is 28.0 Å². The van der Waals surface area contributed by atoms with Crippen LogP contribution in [0.15, 0.2) is 36.7 Å². The zero-order chi connectivity index (χ0) is 20.3. The first-order valence-corrected chi connectivity index (χ1v) is 8.63. The number of nitrogens with one attached hydrogen (secondary N) is 1. The molecule has 3 rings (SSSR count). The molecule has 0 bridgehead atoms. The predicted octanol–water partition coefficient (Wildman–Crippen LogP) is 3.87. The summed E-state index contributed by atoms with van der Waals surface area (Å²) in [6.07, 6.45) is 2.81. The molecule has 2 heterocycles. The van der Waals surface area contributed by atoms with E-state index in [1.54, 1.807) is 36.6 Å².